The number of aliphatic carboxylic acids is 3. The quantitative estimate of drug-likeness (QED) is 0.0278. The Bertz CT molecular complexity index is 1080. The van der Waals surface area contributed by atoms with Gasteiger partial charge in [-0.05, 0) is 57.4 Å². The van der Waals surface area contributed by atoms with Crippen LogP contribution in [0.3, 0.4) is 0 Å². The smallest absolute Gasteiger partial charge is 0.326 e. The highest BCUT2D eigenvalue weighted by Crippen LogP contribution is 2.09. The van der Waals surface area contributed by atoms with E-state index in [0.29, 0.717) is 25.8 Å². The van der Waals surface area contributed by atoms with Gasteiger partial charge in [0.05, 0.1) is 12.5 Å². The minimum Gasteiger partial charge on any atom is -0.481 e. The Hall–Kier alpha value is -4.52. The molecule has 0 saturated carbocycles. The Balaban J connectivity index is 5.85. The van der Waals surface area contributed by atoms with Gasteiger partial charge in [-0.1, -0.05) is 13.8 Å². The minimum atomic E-state index is -1.76. The summed E-state index contributed by atoms with van der Waals surface area (Å²) in [4.78, 5) is 90.3. The zero-order valence-corrected chi connectivity index (χ0v) is 26.2. The maximum atomic E-state index is 13.2. The van der Waals surface area contributed by atoms with Crippen LogP contribution >= 0.6 is 0 Å². The number of carbonyl (C=O) groups excluding carboxylic acids is 4. The molecule has 5 unspecified atom stereocenters. The molecule has 262 valence electrons. The van der Waals surface area contributed by atoms with E-state index >= 15 is 0 Å². The van der Waals surface area contributed by atoms with E-state index in [2.05, 4.69) is 26.3 Å². The molecular weight excluding hydrogens is 610 g/mol. The van der Waals surface area contributed by atoms with Gasteiger partial charge >= 0.3 is 17.9 Å². The van der Waals surface area contributed by atoms with Crippen molar-refractivity contribution in [2.75, 3.05) is 13.1 Å². The van der Waals surface area contributed by atoms with Crippen LogP contribution in [0.1, 0.15) is 71.6 Å². The monoisotopic (exact) mass is 659 g/mol. The van der Waals surface area contributed by atoms with Crippen LogP contribution in [0.5, 0.6) is 0 Å². The number of hydrogen-bond donors (Lipinski definition) is 11. The molecule has 0 aliphatic carbocycles. The van der Waals surface area contributed by atoms with E-state index in [1.165, 1.54) is 0 Å². The number of amides is 4. The second-order valence-corrected chi connectivity index (χ2v) is 11.1. The van der Waals surface area contributed by atoms with Crippen LogP contribution in [-0.4, -0.2) is 106 Å². The van der Waals surface area contributed by atoms with Gasteiger partial charge in [0.2, 0.25) is 23.6 Å². The zero-order chi connectivity index (χ0) is 35.4. The summed E-state index contributed by atoms with van der Waals surface area (Å²) in [6, 6.07) is -6.97. The highest BCUT2D eigenvalue weighted by molar-refractivity contribution is 5.96. The van der Waals surface area contributed by atoms with Gasteiger partial charge in [-0.3, -0.25) is 33.8 Å². The predicted molar refractivity (Wildman–Crippen MR) is 165 cm³/mol. The van der Waals surface area contributed by atoms with Gasteiger partial charge in [0.15, 0.2) is 5.96 Å². The molecule has 0 aliphatic rings. The van der Waals surface area contributed by atoms with Crippen molar-refractivity contribution in [3.05, 3.63) is 0 Å². The number of guanidine groups is 1. The fourth-order valence-corrected chi connectivity index (χ4v) is 4.12. The van der Waals surface area contributed by atoms with E-state index in [9.17, 15) is 43.8 Å². The van der Waals surface area contributed by atoms with Crippen LogP contribution in [0, 0.1) is 5.92 Å². The van der Waals surface area contributed by atoms with Crippen molar-refractivity contribution in [3.8, 4) is 0 Å². The van der Waals surface area contributed by atoms with Crippen LogP contribution in [0.15, 0.2) is 4.99 Å². The standard InChI is InChI=1S/C27H49N9O10/c1-14(2)12-18(24(43)34-17(26(45)46)7-3-4-10-28)35-25(44)19(13-21(39)40)36-23(42)16(8-9-20(37)38)33-22(41)15(29)6-5-11-32-27(30)31/h14-19H,3-13,28-29H2,1-2H3,(H,33,41)(H,34,43)(H,35,44)(H,36,42)(H,37,38)(H,39,40)(H,45,46)(H4,30,31,32). The Morgan fingerprint density at radius 1 is 0.674 bits per heavy atom. The lowest BCUT2D eigenvalue weighted by atomic mass is 10.0. The lowest BCUT2D eigenvalue weighted by molar-refractivity contribution is -0.143. The Morgan fingerprint density at radius 2 is 1.22 bits per heavy atom. The number of nitrogens with one attached hydrogen (secondary N) is 4. The third kappa shape index (κ3) is 18.3. The molecule has 0 rings (SSSR count). The molecule has 0 aliphatic heterocycles. The van der Waals surface area contributed by atoms with Crippen molar-refractivity contribution in [1.29, 1.82) is 0 Å². The van der Waals surface area contributed by atoms with Crippen LogP contribution in [0.25, 0.3) is 0 Å². The molecular formula is C27H49N9O10. The normalized spacial score (nSPS) is 14.1. The topological polar surface area (TPSA) is 345 Å². The number of carbonyl (C=O) groups is 7. The first kappa shape index (κ1) is 41.5. The number of nitrogens with zero attached hydrogens (tertiary/aromatic N) is 1. The summed E-state index contributed by atoms with van der Waals surface area (Å²) in [5, 5.41) is 37.3. The van der Waals surface area contributed by atoms with Crippen LogP contribution in [0.2, 0.25) is 0 Å². The van der Waals surface area contributed by atoms with Crippen molar-refractivity contribution in [2.24, 2.45) is 33.8 Å². The summed E-state index contributed by atoms with van der Waals surface area (Å²) in [5.41, 5.74) is 21.8. The zero-order valence-electron chi connectivity index (χ0n) is 26.2. The molecule has 0 heterocycles. The molecule has 0 radical (unpaired) electrons. The summed E-state index contributed by atoms with van der Waals surface area (Å²) in [5.74, 6) is -8.20. The average molecular weight is 660 g/mol. The molecule has 0 aromatic rings. The molecule has 0 saturated heterocycles. The number of aliphatic imine (C=N–C) groups is 1. The number of unbranched alkanes of at least 4 members (excludes halogenated alkanes) is 1. The average Bonchev–Trinajstić information content (AvgIpc) is 2.94. The van der Waals surface area contributed by atoms with Crippen molar-refractivity contribution < 1.29 is 48.9 Å². The third-order valence-electron chi connectivity index (χ3n) is 6.50. The fraction of sp³-hybridized carbons (Fsp3) is 0.704. The van der Waals surface area contributed by atoms with Gasteiger partial charge in [-0.25, -0.2) is 4.79 Å². The first-order chi connectivity index (χ1) is 21.5. The van der Waals surface area contributed by atoms with Gasteiger partial charge in [0.25, 0.3) is 0 Å². The molecule has 15 N–H and O–H groups in total. The van der Waals surface area contributed by atoms with Crippen LogP contribution in [0.4, 0.5) is 0 Å². The molecule has 19 nitrogen and oxygen atoms in total. The Morgan fingerprint density at radius 3 is 1.74 bits per heavy atom. The van der Waals surface area contributed by atoms with E-state index in [0.717, 1.165) is 0 Å². The maximum Gasteiger partial charge on any atom is 0.326 e. The molecule has 0 aromatic carbocycles. The van der Waals surface area contributed by atoms with Gasteiger partial charge in [0.1, 0.15) is 24.2 Å². The SMILES string of the molecule is CC(C)CC(NC(=O)C(CC(=O)O)NC(=O)C(CCC(=O)O)NC(=O)C(N)CCCN=C(N)N)C(=O)NC(CCCCN)C(=O)O. The lowest BCUT2D eigenvalue weighted by Crippen LogP contribution is -2.59. The first-order valence-corrected chi connectivity index (χ1v) is 14.9. The van der Waals surface area contributed by atoms with Gasteiger partial charge in [-0.2, -0.15) is 0 Å². The minimum absolute atomic E-state index is 0.0405. The van der Waals surface area contributed by atoms with E-state index in [1.807, 2.05) is 0 Å². The number of carboxylic acids is 3. The lowest BCUT2D eigenvalue weighted by Gasteiger charge is -2.26. The summed E-state index contributed by atoms with van der Waals surface area (Å²) in [7, 11) is 0. The van der Waals surface area contributed by atoms with Gasteiger partial charge < -0.3 is 59.5 Å². The summed E-state index contributed by atoms with van der Waals surface area (Å²) in [6.45, 7) is 3.98. The van der Waals surface area contributed by atoms with E-state index < -0.39 is 91.0 Å². The molecule has 0 fully saturated rings. The van der Waals surface area contributed by atoms with Gasteiger partial charge in [-0.15, -0.1) is 0 Å². The van der Waals surface area contributed by atoms with E-state index in [1.54, 1.807) is 13.8 Å². The van der Waals surface area contributed by atoms with Crippen molar-refractivity contribution in [3.63, 3.8) is 0 Å². The predicted octanol–water partition coefficient (Wildman–Crippen LogP) is -3.09. The number of nitrogens with two attached hydrogens (primary N) is 4. The molecule has 46 heavy (non-hydrogen) atoms. The third-order valence-corrected chi connectivity index (χ3v) is 6.50. The molecule has 19 heteroatoms. The number of hydrogen-bond acceptors (Lipinski definition) is 10. The largest absolute Gasteiger partial charge is 0.481 e. The molecule has 5 atom stereocenters. The number of rotatable bonds is 24. The second kappa shape index (κ2) is 22.1. The summed E-state index contributed by atoms with van der Waals surface area (Å²) >= 11 is 0. The molecule has 0 bridgehead atoms. The van der Waals surface area contributed by atoms with Crippen LogP contribution in [-0.2, 0) is 33.6 Å². The first-order valence-electron chi connectivity index (χ1n) is 14.9. The molecule has 4 amide bonds. The Kier molecular flexibility index (Phi) is 19.9. The van der Waals surface area contributed by atoms with Crippen LogP contribution < -0.4 is 44.2 Å². The van der Waals surface area contributed by atoms with Gasteiger partial charge in [0, 0.05) is 13.0 Å². The van der Waals surface area contributed by atoms with Crippen molar-refractivity contribution >= 4 is 47.5 Å². The highest BCUT2D eigenvalue weighted by Gasteiger charge is 2.33. The van der Waals surface area contributed by atoms with E-state index in [4.69, 9.17) is 28.0 Å². The summed E-state index contributed by atoms with van der Waals surface area (Å²) < 4.78 is 0. The highest BCUT2D eigenvalue weighted by atomic mass is 16.4. The van der Waals surface area contributed by atoms with E-state index in [-0.39, 0.29) is 37.7 Å². The number of carboxylic acid groups (broad SMARTS) is 3. The molecule has 0 spiro atoms. The molecule has 0 aromatic heterocycles. The maximum absolute atomic E-state index is 13.2. The Labute approximate surface area is 266 Å². The summed E-state index contributed by atoms with van der Waals surface area (Å²) in [6.07, 6.45) is -0.435. The second-order valence-electron chi connectivity index (χ2n) is 11.1. The van der Waals surface area contributed by atoms with Crippen molar-refractivity contribution in [1.82, 2.24) is 21.3 Å². The fourth-order valence-electron chi connectivity index (χ4n) is 4.12. The van der Waals surface area contributed by atoms with Crippen molar-refractivity contribution in [2.45, 2.75) is 102 Å².